The number of nitrogens with one attached hydrogen (secondary N) is 1. The number of phenols is 1. The number of rotatable bonds is 1. The third-order valence-corrected chi connectivity index (χ3v) is 3.01. The van der Waals surface area contributed by atoms with Gasteiger partial charge in [-0.2, -0.15) is 0 Å². The molecule has 4 nitrogen and oxygen atoms in total. The van der Waals surface area contributed by atoms with E-state index in [0.29, 0.717) is 22.1 Å². The van der Waals surface area contributed by atoms with Gasteiger partial charge < -0.3 is 10.1 Å². The van der Waals surface area contributed by atoms with E-state index in [-0.39, 0.29) is 5.75 Å². The summed E-state index contributed by atoms with van der Waals surface area (Å²) in [6.45, 7) is 1.97. The molecule has 1 aromatic carbocycles. The van der Waals surface area contributed by atoms with Crippen molar-refractivity contribution in [3.8, 4) is 17.1 Å². The topological polar surface area (TPSA) is 61.8 Å². The molecule has 0 spiro atoms. The number of phenolic OH excluding ortho intramolecular Hbond substituents is 1. The van der Waals surface area contributed by atoms with Crippen molar-refractivity contribution in [3.05, 3.63) is 41.0 Å². The summed E-state index contributed by atoms with van der Waals surface area (Å²) in [4.78, 5) is 11.7. The van der Waals surface area contributed by atoms with Gasteiger partial charge >= 0.3 is 0 Å². The Kier molecular flexibility index (Phi) is 2.45. The number of fused-ring (bicyclic) bond motifs is 1. The minimum atomic E-state index is 0.152. The highest BCUT2D eigenvalue weighted by molar-refractivity contribution is 6.33. The molecule has 2 aromatic heterocycles. The molecule has 0 saturated carbocycles. The molecule has 0 aliphatic carbocycles. The average molecular weight is 260 g/mol. The molecule has 5 heteroatoms. The quantitative estimate of drug-likeness (QED) is 0.705. The van der Waals surface area contributed by atoms with Gasteiger partial charge in [-0.05, 0) is 36.8 Å². The Labute approximate surface area is 108 Å². The highest BCUT2D eigenvalue weighted by Gasteiger charge is 2.10. The molecule has 0 unspecified atom stereocenters. The first-order valence-electron chi connectivity index (χ1n) is 5.45. The number of nitrogens with zero attached hydrogens (tertiary/aromatic N) is 2. The number of halogens is 1. The molecule has 0 bridgehead atoms. The molecular weight excluding hydrogens is 250 g/mol. The summed E-state index contributed by atoms with van der Waals surface area (Å²) in [5, 5.41) is 10.0. The molecule has 2 heterocycles. The number of benzene rings is 1. The molecule has 18 heavy (non-hydrogen) atoms. The van der Waals surface area contributed by atoms with Gasteiger partial charge in [0.2, 0.25) is 0 Å². The average Bonchev–Trinajstić information content (AvgIpc) is 2.74. The number of H-pyrrole nitrogens is 1. The Morgan fingerprint density at radius 2 is 2.11 bits per heavy atom. The van der Waals surface area contributed by atoms with Gasteiger partial charge in [-0.3, -0.25) is 0 Å². The van der Waals surface area contributed by atoms with Crippen LogP contribution < -0.4 is 0 Å². The van der Waals surface area contributed by atoms with Crippen LogP contribution in [0, 0.1) is 6.92 Å². The van der Waals surface area contributed by atoms with E-state index in [1.165, 1.54) is 6.07 Å². The van der Waals surface area contributed by atoms with Gasteiger partial charge in [0.05, 0.1) is 10.5 Å². The number of pyridine rings is 1. The van der Waals surface area contributed by atoms with Crippen LogP contribution in [0.15, 0.2) is 30.5 Å². The SMILES string of the molecule is Cc1cnc2nc(-c3cc(O)ccc3Cl)[nH]c2c1. The smallest absolute Gasteiger partial charge is 0.178 e. The molecule has 0 aliphatic heterocycles. The fourth-order valence-electron chi connectivity index (χ4n) is 1.83. The molecule has 3 rings (SSSR count). The van der Waals surface area contributed by atoms with E-state index in [9.17, 15) is 5.11 Å². The van der Waals surface area contributed by atoms with Crippen LogP contribution in [0.3, 0.4) is 0 Å². The molecule has 0 fully saturated rings. The van der Waals surface area contributed by atoms with Crippen molar-refractivity contribution in [1.82, 2.24) is 15.0 Å². The molecular formula is C13H10ClN3O. The number of aryl methyl sites for hydroxylation is 1. The number of imidazole rings is 1. The maximum Gasteiger partial charge on any atom is 0.178 e. The molecule has 0 atom stereocenters. The second-order valence-electron chi connectivity index (χ2n) is 4.13. The molecule has 2 N–H and O–H groups in total. The zero-order valence-electron chi connectivity index (χ0n) is 9.61. The van der Waals surface area contributed by atoms with Crippen molar-refractivity contribution < 1.29 is 5.11 Å². The summed E-state index contributed by atoms with van der Waals surface area (Å²) in [5.41, 5.74) is 3.20. The Bertz CT molecular complexity index is 736. The number of aromatic hydroxyl groups is 1. The zero-order valence-corrected chi connectivity index (χ0v) is 10.4. The number of hydrogen-bond acceptors (Lipinski definition) is 3. The van der Waals surface area contributed by atoms with Crippen LogP contribution in [-0.4, -0.2) is 20.1 Å². The summed E-state index contributed by atoms with van der Waals surface area (Å²) in [6, 6.07) is 6.72. The van der Waals surface area contributed by atoms with E-state index >= 15 is 0 Å². The third kappa shape index (κ3) is 1.80. The van der Waals surface area contributed by atoms with Crippen LogP contribution in [0.1, 0.15) is 5.56 Å². The van der Waals surface area contributed by atoms with Gasteiger partial charge in [0.1, 0.15) is 11.6 Å². The fraction of sp³-hybridized carbons (Fsp3) is 0.0769. The highest BCUT2D eigenvalue weighted by Crippen LogP contribution is 2.30. The Morgan fingerprint density at radius 3 is 2.94 bits per heavy atom. The Balaban J connectivity index is 2.22. The zero-order chi connectivity index (χ0) is 12.7. The van der Waals surface area contributed by atoms with Crippen LogP contribution in [0.25, 0.3) is 22.6 Å². The fourth-order valence-corrected chi connectivity index (χ4v) is 2.03. The van der Waals surface area contributed by atoms with Crippen LogP contribution >= 0.6 is 11.6 Å². The molecule has 0 saturated heterocycles. The van der Waals surface area contributed by atoms with Crippen molar-refractivity contribution in [2.75, 3.05) is 0 Å². The van der Waals surface area contributed by atoms with Crippen molar-refractivity contribution in [3.63, 3.8) is 0 Å². The number of hydrogen-bond donors (Lipinski definition) is 2. The lowest BCUT2D eigenvalue weighted by Crippen LogP contribution is -1.82. The van der Waals surface area contributed by atoms with E-state index in [4.69, 9.17) is 11.6 Å². The van der Waals surface area contributed by atoms with Crippen molar-refractivity contribution >= 4 is 22.8 Å². The van der Waals surface area contributed by atoms with E-state index in [0.717, 1.165) is 11.1 Å². The summed E-state index contributed by atoms with van der Waals surface area (Å²) in [7, 11) is 0. The van der Waals surface area contributed by atoms with Gasteiger partial charge in [0.25, 0.3) is 0 Å². The van der Waals surface area contributed by atoms with Crippen molar-refractivity contribution in [1.29, 1.82) is 0 Å². The van der Waals surface area contributed by atoms with E-state index in [1.54, 1.807) is 18.3 Å². The van der Waals surface area contributed by atoms with Gasteiger partial charge in [-0.25, -0.2) is 9.97 Å². The monoisotopic (exact) mass is 259 g/mol. The predicted octanol–water partition coefficient (Wildman–Crippen LogP) is 3.29. The lowest BCUT2D eigenvalue weighted by molar-refractivity contribution is 0.475. The standard InChI is InChI=1S/C13H10ClN3O/c1-7-4-11-13(15-6-7)17-12(16-11)9-5-8(18)2-3-10(9)14/h2-6,18H,1H3,(H,15,16,17). The molecule has 0 radical (unpaired) electrons. The highest BCUT2D eigenvalue weighted by atomic mass is 35.5. The van der Waals surface area contributed by atoms with Crippen molar-refractivity contribution in [2.45, 2.75) is 6.92 Å². The first-order chi connectivity index (χ1) is 8.63. The first kappa shape index (κ1) is 11.0. The second kappa shape index (κ2) is 3.99. The second-order valence-corrected chi connectivity index (χ2v) is 4.54. The molecule has 90 valence electrons. The van der Waals surface area contributed by atoms with Crippen LogP contribution in [-0.2, 0) is 0 Å². The largest absolute Gasteiger partial charge is 0.508 e. The van der Waals surface area contributed by atoms with Crippen LogP contribution in [0.2, 0.25) is 5.02 Å². The summed E-state index contributed by atoms with van der Waals surface area (Å²) in [6.07, 6.45) is 1.76. The first-order valence-corrected chi connectivity index (χ1v) is 5.82. The van der Waals surface area contributed by atoms with E-state index in [2.05, 4.69) is 15.0 Å². The molecule has 0 aliphatic rings. The Morgan fingerprint density at radius 1 is 1.28 bits per heavy atom. The van der Waals surface area contributed by atoms with Gasteiger partial charge in [0, 0.05) is 11.8 Å². The lowest BCUT2D eigenvalue weighted by atomic mass is 10.2. The van der Waals surface area contributed by atoms with E-state index < -0.39 is 0 Å². The third-order valence-electron chi connectivity index (χ3n) is 2.68. The van der Waals surface area contributed by atoms with Crippen molar-refractivity contribution in [2.24, 2.45) is 0 Å². The predicted molar refractivity (Wildman–Crippen MR) is 70.7 cm³/mol. The number of aromatic nitrogens is 3. The minimum Gasteiger partial charge on any atom is -0.508 e. The minimum absolute atomic E-state index is 0.152. The van der Waals surface area contributed by atoms with Gasteiger partial charge in [0.15, 0.2) is 5.65 Å². The maximum atomic E-state index is 9.50. The summed E-state index contributed by atoms with van der Waals surface area (Å²) < 4.78 is 0. The van der Waals surface area contributed by atoms with Gasteiger partial charge in [-0.15, -0.1) is 0 Å². The number of aromatic amines is 1. The Hall–Kier alpha value is -2.07. The molecule has 3 aromatic rings. The van der Waals surface area contributed by atoms with Crippen LogP contribution in [0.5, 0.6) is 5.75 Å². The van der Waals surface area contributed by atoms with E-state index in [1.807, 2.05) is 13.0 Å². The lowest BCUT2D eigenvalue weighted by Gasteiger charge is -2.00. The summed E-state index contributed by atoms with van der Waals surface area (Å²) >= 11 is 6.10. The van der Waals surface area contributed by atoms with Crippen LogP contribution in [0.4, 0.5) is 0 Å². The summed E-state index contributed by atoms with van der Waals surface area (Å²) in [5.74, 6) is 0.753. The maximum absolute atomic E-state index is 9.50. The normalized spacial score (nSPS) is 11.0. The molecule has 0 amide bonds. The van der Waals surface area contributed by atoms with Gasteiger partial charge in [-0.1, -0.05) is 11.6 Å².